The van der Waals surface area contributed by atoms with Crippen LogP contribution in [-0.4, -0.2) is 18.1 Å². The SMILES string of the molecule is CC1(C)CCN(c2nc(N)c(Cl)cc2Cl)CC1. The van der Waals surface area contributed by atoms with Gasteiger partial charge in [0, 0.05) is 13.1 Å². The topological polar surface area (TPSA) is 42.2 Å². The lowest BCUT2D eigenvalue weighted by Crippen LogP contribution is -2.38. The highest BCUT2D eigenvalue weighted by molar-refractivity contribution is 6.37. The number of rotatable bonds is 1. The number of nitrogens with two attached hydrogens (primary N) is 1. The van der Waals surface area contributed by atoms with E-state index >= 15 is 0 Å². The summed E-state index contributed by atoms with van der Waals surface area (Å²) in [6.07, 6.45) is 2.26. The fourth-order valence-corrected chi connectivity index (χ4v) is 2.49. The molecule has 94 valence electrons. The van der Waals surface area contributed by atoms with Crippen molar-refractivity contribution in [1.29, 1.82) is 0 Å². The average molecular weight is 274 g/mol. The molecule has 0 aromatic carbocycles. The minimum atomic E-state index is 0.343. The van der Waals surface area contributed by atoms with Gasteiger partial charge in [-0.15, -0.1) is 0 Å². The van der Waals surface area contributed by atoms with Gasteiger partial charge >= 0.3 is 0 Å². The van der Waals surface area contributed by atoms with Gasteiger partial charge in [-0.2, -0.15) is 0 Å². The van der Waals surface area contributed by atoms with Crippen molar-refractivity contribution in [1.82, 2.24) is 4.98 Å². The summed E-state index contributed by atoms with van der Waals surface area (Å²) < 4.78 is 0. The number of nitrogen functional groups attached to an aromatic ring is 1. The minimum absolute atomic E-state index is 0.343. The first kappa shape index (κ1) is 12.8. The van der Waals surface area contributed by atoms with Crippen LogP contribution in [0.25, 0.3) is 0 Å². The first-order chi connectivity index (χ1) is 7.89. The van der Waals surface area contributed by atoms with Gasteiger partial charge in [0.05, 0.1) is 10.0 Å². The molecule has 5 heteroatoms. The summed E-state index contributed by atoms with van der Waals surface area (Å²) in [6, 6.07) is 1.67. The number of halogens is 2. The summed E-state index contributed by atoms with van der Waals surface area (Å²) in [7, 11) is 0. The monoisotopic (exact) mass is 273 g/mol. The zero-order valence-corrected chi connectivity index (χ0v) is 11.6. The highest BCUT2D eigenvalue weighted by Crippen LogP contribution is 2.35. The van der Waals surface area contributed by atoms with Crippen LogP contribution in [0, 0.1) is 5.41 Å². The number of nitrogens with zero attached hydrogens (tertiary/aromatic N) is 2. The summed E-state index contributed by atoms with van der Waals surface area (Å²) in [6.45, 7) is 6.49. The number of anilines is 2. The fourth-order valence-electron chi connectivity index (χ4n) is 2.02. The predicted octanol–water partition coefficient (Wildman–Crippen LogP) is 3.60. The molecule has 0 saturated carbocycles. The summed E-state index contributed by atoms with van der Waals surface area (Å²) in [5.74, 6) is 1.10. The Kier molecular flexibility index (Phi) is 3.41. The number of hydrogen-bond acceptors (Lipinski definition) is 3. The van der Waals surface area contributed by atoms with Crippen LogP contribution in [0.1, 0.15) is 26.7 Å². The molecule has 1 aliphatic heterocycles. The molecular formula is C12H17Cl2N3. The molecule has 3 nitrogen and oxygen atoms in total. The van der Waals surface area contributed by atoms with Gasteiger partial charge in [0.2, 0.25) is 0 Å². The normalized spacial score (nSPS) is 19.4. The van der Waals surface area contributed by atoms with E-state index in [1.807, 2.05) is 0 Å². The van der Waals surface area contributed by atoms with E-state index in [0.29, 0.717) is 21.3 Å². The molecule has 0 bridgehead atoms. The largest absolute Gasteiger partial charge is 0.382 e. The van der Waals surface area contributed by atoms with E-state index in [1.54, 1.807) is 6.07 Å². The van der Waals surface area contributed by atoms with Crippen molar-refractivity contribution in [2.24, 2.45) is 5.41 Å². The number of hydrogen-bond donors (Lipinski definition) is 1. The lowest BCUT2D eigenvalue weighted by molar-refractivity contribution is 0.279. The van der Waals surface area contributed by atoms with Crippen LogP contribution in [0.5, 0.6) is 0 Å². The molecule has 0 atom stereocenters. The zero-order valence-electron chi connectivity index (χ0n) is 10.1. The van der Waals surface area contributed by atoms with Crippen molar-refractivity contribution >= 4 is 34.8 Å². The van der Waals surface area contributed by atoms with Gasteiger partial charge in [0.15, 0.2) is 0 Å². The van der Waals surface area contributed by atoms with Crippen LogP contribution in [-0.2, 0) is 0 Å². The van der Waals surface area contributed by atoms with Crippen molar-refractivity contribution in [3.63, 3.8) is 0 Å². The Labute approximate surface area is 112 Å². The Hall–Kier alpha value is -0.670. The molecule has 2 N–H and O–H groups in total. The van der Waals surface area contributed by atoms with E-state index in [-0.39, 0.29) is 0 Å². The quantitative estimate of drug-likeness (QED) is 0.850. The Morgan fingerprint density at radius 3 is 2.41 bits per heavy atom. The van der Waals surface area contributed by atoms with Crippen molar-refractivity contribution < 1.29 is 0 Å². The van der Waals surface area contributed by atoms with Crippen LogP contribution in [0.2, 0.25) is 10.0 Å². The Morgan fingerprint density at radius 1 is 1.24 bits per heavy atom. The van der Waals surface area contributed by atoms with Gasteiger partial charge in [-0.1, -0.05) is 37.0 Å². The molecule has 0 unspecified atom stereocenters. The molecule has 17 heavy (non-hydrogen) atoms. The third-order valence-electron chi connectivity index (χ3n) is 3.35. The lowest BCUT2D eigenvalue weighted by atomic mass is 9.83. The predicted molar refractivity (Wildman–Crippen MR) is 73.9 cm³/mol. The van der Waals surface area contributed by atoms with E-state index in [1.165, 1.54) is 0 Å². The van der Waals surface area contributed by atoms with Gasteiger partial charge in [-0.3, -0.25) is 0 Å². The molecule has 1 aliphatic rings. The molecule has 1 fully saturated rings. The Morgan fingerprint density at radius 2 is 1.82 bits per heavy atom. The molecule has 1 aromatic heterocycles. The Balaban J connectivity index is 2.21. The summed E-state index contributed by atoms with van der Waals surface area (Å²) in [4.78, 5) is 6.46. The third kappa shape index (κ3) is 2.78. The van der Waals surface area contributed by atoms with Gasteiger partial charge < -0.3 is 10.6 Å². The van der Waals surface area contributed by atoms with Crippen LogP contribution in [0.4, 0.5) is 11.6 Å². The number of pyridine rings is 1. The summed E-state index contributed by atoms with van der Waals surface area (Å²) in [5, 5.41) is 0.986. The number of aromatic nitrogens is 1. The highest BCUT2D eigenvalue weighted by Gasteiger charge is 2.27. The summed E-state index contributed by atoms with van der Waals surface area (Å²) in [5.41, 5.74) is 6.12. The second-order valence-electron chi connectivity index (χ2n) is 5.31. The Bertz CT molecular complexity index is 422. The van der Waals surface area contributed by atoms with E-state index < -0.39 is 0 Å². The molecule has 2 rings (SSSR count). The van der Waals surface area contributed by atoms with Crippen LogP contribution in [0.3, 0.4) is 0 Å². The first-order valence-electron chi connectivity index (χ1n) is 5.75. The second-order valence-corrected chi connectivity index (χ2v) is 6.13. The molecule has 0 amide bonds. The van der Waals surface area contributed by atoms with E-state index in [4.69, 9.17) is 28.9 Å². The minimum Gasteiger partial charge on any atom is -0.382 e. The number of piperidine rings is 1. The maximum Gasteiger partial charge on any atom is 0.149 e. The molecule has 0 spiro atoms. The highest BCUT2D eigenvalue weighted by atomic mass is 35.5. The average Bonchev–Trinajstić information content (AvgIpc) is 2.24. The van der Waals surface area contributed by atoms with Crippen molar-refractivity contribution in [3.05, 3.63) is 16.1 Å². The third-order valence-corrected chi connectivity index (χ3v) is 3.94. The molecule has 1 aromatic rings. The van der Waals surface area contributed by atoms with E-state index in [2.05, 4.69) is 23.7 Å². The van der Waals surface area contributed by atoms with Crippen LogP contribution < -0.4 is 10.6 Å². The van der Waals surface area contributed by atoms with Crippen molar-refractivity contribution in [2.75, 3.05) is 23.7 Å². The van der Waals surface area contributed by atoms with Crippen molar-refractivity contribution in [3.8, 4) is 0 Å². The smallest absolute Gasteiger partial charge is 0.149 e. The molecule has 0 radical (unpaired) electrons. The summed E-state index contributed by atoms with van der Waals surface area (Å²) >= 11 is 12.0. The van der Waals surface area contributed by atoms with Gasteiger partial charge in [-0.05, 0) is 24.3 Å². The van der Waals surface area contributed by atoms with Crippen LogP contribution >= 0.6 is 23.2 Å². The van der Waals surface area contributed by atoms with Gasteiger partial charge in [-0.25, -0.2) is 4.98 Å². The lowest BCUT2D eigenvalue weighted by Gasteiger charge is -2.37. The first-order valence-corrected chi connectivity index (χ1v) is 6.51. The van der Waals surface area contributed by atoms with Gasteiger partial charge in [0.1, 0.15) is 11.6 Å². The van der Waals surface area contributed by atoms with Crippen LogP contribution in [0.15, 0.2) is 6.07 Å². The zero-order chi connectivity index (χ0) is 12.6. The van der Waals surface area contributed by atoms with E-state index in [0.717, 1.165) is 31.7 Å². The van der Waals surface area contributed by atoms with E-state index in [9.17, 15) is 0 Å². The van der Waals surface area contributed by atoms with Gasteiger partial charge in [0.25, 0.3) is 0 Å². The van der Waals surface area contributed by atoms with Crippen molar-refractivity contribution in [2.45, 2.75) is 26.7 Å². The molecule has 1 saturated heterocycles. The maximum atomic E-state index is 6.16. The molecular weight excluding hydrogens is 257 g/mol. The fraction of sp³-hybridized carbons (Fsp3) is 0.583. The molecule has 0 aliphatic carbocycles. The standard InChI is InChI=1S/C12H17Cl2N3/c1-12(2)3-5-17(6-4-12)11-9(14)7-8(13)10(15)16-11/h7H,3-6H2,1-2H3,(H2,15,16). The second kappa shape index (κ2) is 4.54. The maximum absolute atomic E-state index is 6.16. The molecule has 2 heterocycles.